The summed E-state index contributed by atoms with van der Waals surface area (Å²) < 4.78 is 1.79. The molecule has 37 heavy (non-hydrogen) atoms. The highest BCUT2D eigenvalue weighted by molar-refractivity contribution is 5.95. The Balaban J connectivity index is 1.90. The molecule has 0 aliphatic rings. The molecule has 1 N–H and O–H groups in total. The van der Waals surface area contributed by atoms with Crippen molar-refractivity contribution in [1.29, 1.82) is 0 Å². The highest BCUT2D eigenvalue weighted by Gasteiger charge is 2.25. The van der Waals surface area contributed by atoms with E-state index in [1.807, 2.05) is 55.5 Å². The van der Waals surface area contributed by atoms with Gasteiger partial charge in [-0.2, -0.15) is 5.10 Å². The summed E-state index contributed by atoms with van der Waals surface area (Å²) in [5.74, 6) is 0.672. The first-order valence-corrected chi connectivity index (χ1v) is 13.5. The van der Waals surface area contributed by atoms with Crippen molar-refractivity contribution < 1.29 is 9.59 Å². The summed E-state index contributed by atoms with van der Waals surface area (Å²) in [4.78, 5) is 28.5. The van der Waals surface area contributed by atoms with Gasteiger partial charge in [0.1, 0.15) is 5.82 Å². The zero-order chi connectivity index (χ0) is 26.9. The number of hydrogen-bond acceptors (Lipinski definition) is 3. The van der Waals surface area contributed by atoms with Crippen LogP contribution in [0.25, 0.3) is 16.9 Å². The first-order chi connectivity index (χ1) is 17.7. The molecule has 0 spiro atoms. The van der Waals surface area contributed by atoms with Gasteiger partial charge in [0.05, 0.1) is 17.9 Å². The Kier molecular flexibility index (Phi) is 10.1. The molecule has 198 valence electrons. The molecule has 0 fully saturated rings. The second-order valence-electron chi connectivity index (χ2n) is 10.4. The van der Waals surface area contributed by atoms with Gasteiger partial charge in [0.15, 0.2) is 0 Å². The molecule has 6 heteroatoms. The molecule has 1 unspecified atom stereocenters. The first-order valence-electron chi connectivity index (χ1n) is 13.5. The van der Waals surface area contributed by atoms with Crippen molar-refractivity contribution in [2.45, 2.75) is 67.2 Å². The van der Waals surface area contributed by atoms with Gasteiger partial charge >= 0.3 is 0 Å². The Hall–Kier alpha value is -3.41. The van der Waals surface area contributed by atoms with Crippen molar-refractivity contribution in [3.05, 3.63) is 65.7 Å². The van der Waals surface area contributed by atoms with E-state index in [0.717, 1.165) is 48.2 Å². The number of carbonyl (C=O) groups excluding carboxylic acids is 2. The molecule has 1 aromatic heterocycles. The van der Waals surface area contributed by atoms with Crippen LogP contribution < -0.4 is 5.32 Å². The molecule has 0 aliphatic heterocycles. The fraction of sp³-hybridized carbons (Fsp3) is 0.452. The molecule has 2 aromatic carbocycles. The third-order valence-corrected chi connectivity index (χ3v) is 6.61. The lowest BCUT2D eigenvalue weighted by Crippen LogP contribution is -2.43. The fourth-order valence-corrected chi connectivity index (χ4v) is 4.69. The molecule has 0 saturated carbocycles. The van der Waals surface area contributed by atoms with Crippen molar-refractivity contribution in [2.24, 2.45) is 11.8 Å². The van der Waals surface area contributed by atoms with Crippen LogP contribution in [-0.2, 0) is 9.59 Å². The van der Waals surface area contributed by atoms with Crippen molar-refractivity contribution in [1.82, 2.24) is 14.7 Å². The van der Waals surface area contributed by atoms with E-state index in [1.165, 1.54) is 5.56 Å². The van der Waals surface area contributed by atoms with E-state index in [-0.39, 0.29) is 30.2 Å². The zero-order valence-electron chi connectivity index (χ0n) is 23.3. The monoisotopic (exact) mass is 502 g/mol. The number of rotatable bonds is 12. The molecule has 2 amide bonds. The summed E-state index contributed by atoms with van der Waals surface area (Å²) in [6.07, 6.45) is 3.72. The second-order valence-corrected chi connectivity index (χ2v) is 10.4. The molecule has 0 saturated heterocycles. The molecule has 6 nitrogen and oxygen atoms in total. The molecule has 1 heterocycles. The summed E-state index contributed by atoms with van der Waals surface area (Å²) in [6.45, 7) is 13.0. The minimum absolute atomic E-state index is 0.0262. The van der Waals surface area contributed by atoms with Crippen LogP contribution in [-0.4, -0.2) is 39.6 Å². The number of nitrogens with one attached hydrogen (secondary N) is 1. The van der Waals surface area contributed by atoms with Crippen molar-refractivity contribution in [2.75, 3.05) is 18.4 Å². The fourth-order valence-electron chi connectivity index (χ4n) is 4.69. The van der Waals surface area contributed by atoms with Gasteiger partial charge in [-0.15, -0.1) is 0 Å². The summed E-state index contributed by atoms with van der Waals surface area (Å²) in [7, 11) is 0. The van der Waals surface area contributed by atoms with E-state index in [1.54, 1.807) is 9.58 Å². The number of anilines is 1. The lowest BCUT2D eigenvalue weighted by atomic mass is 9.97. The summed E-state index contributed by atoms with van der Waals surface area (Å²) in [5.41, 5.74) is 4.88. The van der Waals surface area contributed by atoms with Gasteiger partial charge in [-0.3, -0.25) is 9.59 Å². The van der Waals surface area contributed by atoms with Crippen LogP contribution in [0.15, 0.2) is 54.6 Å². The molecule has 3 aromatic rings. The lowest BCUT2D eigenvalue weighted by Gasteiger charge is -2.28. The third-order valence-electron chi connectivity index (χ3n) is 6.61. The Morgan fingerprint density at radius 1 is 1.03 bits per heavy atom. The Bertz CT molecular complexity index is 1180. The molecular weight excluding hydrogens is 460 g/mol. The van der Waals surface area contributed by atoms with Gasteiger partial charge in [0.25, 0.3) is 0 Å². The molecule has 3 rings (SSSR count). The van der Waals surface area contributed by atoms with Crippen LogP contribution in [0.3, 0.4) is 0 Å². The van der Waals surface area contributed by atoms with Crippen LogP contribution in [0.1, 0.15) is 64.5 Å². The van der Waals surface area contributed by atoms with Crippen molar-refractivity contribution in [3.8, 4) is 16.9 Å². The van der Waals surface area contributed by atoms with Gasteiger partial charge in [-0.05, 0) is 44.2 Å². The van der Waals surface area contributed by atoms with Gasteiger partial charge in [0, 0.05) is 24.1 Å². The van der Waals surface area contributed by atoms with E-state index in [4.69, 9.17) is 5.10 Å². The van der Waals surface area contributed by atoms with Crippen molar-refractivity contribution in [3.63, 3.8) is 0 Å². The Morgan fingerprint density at radius 3 is 2.38 bits per heavy atom. The second kappa shape index (κ2) is 13.2. The largest absolute Gasteiger partial charge is 0.333 e. The number of aromatic nitrogens is 2. The maximum absolute atomic E-state index is 13.4. The Morgan fingerprint density at radius 2 is 1.76 bits per heavy atom. The van der Waals surface area contributed by atoms with E-state index in [2.05, 4.69) is 46.0 Å². The van der Waals surface area contributed by atoms with Crippen LogP contribution in [0, 0.1) is 25.7 Å². The quantitative estimate of drug-likeness (QED) is 0.296. The van der Waals surface area contributed by atoms with E-state index in [9.17, 15) is 9.59 Å². The topological polar surface area (TPSA) is 67.2 Å². The summed E-state index contributed by atoms with van der Waals surface area (Å²) >= 11 is 0. The maximum Gasteiger partial charge on any atom is 0.245 e. The lowest BCUT2D eigenvalue weighted by molar-refractivity contribution is -0.139. The smallest absolute Gasteiger partial charge is 0.245 e. The normalized spacial score (nSPS) is 12.0. The number of nitrogens with zero attached hydrogens (tertiary/aromatic N) is 3. The minimum Gasteiger partial charge on any atom is -0.333 e. The predicted molar refractivity (Wildman–Crippen MR) is 152 cm³/mol. The van der Waals surface area contributed by atoms with E-state index in [0.29, 0.717) is 12.4 Å². The third kappa shape index (κ3) is 7.54. The van der Waals surface area contributed by atoms with E-state index >= 15 is 0 Å². The SMILES string of the molecule is CCCCC(CC)C(=O)N(CC(=O)Nc1cc(-c2ccccc2)nn1-c1ccc(C)cc1C)CC(C)C. The Labute approximate surface area is 222 Å². The maximum atomic E-state index is 13.4. The van der Waals surface area contributed by atoms with Crippen LogP contribution in [0.5, 0.6) is 0 Å². The first kappa shape index (κ1) is 28.2. The van der Waals surface area contributed by atoms with E-state index < -0.39 is 0 Å². The highest BCUT2D eigenvalue weighted by atomic mass is 16.2. The molecule has 1 atom stereocenters. The highest BCUT2D eigenvalue weighted by Crippen LogP contribution is 2.27. The number of aryl methyl sites for hydroxylation is 2. The standard InChI is InChI=1S/C31H42N4O2/c1-7-9-13-25(8-2)31(37)34(20-22(3)4)21-30(36)32-29-19-27(26-14-11-10-12-15-26)33-35(29)28-17-16-23(5)18-24(28)6/h10-12,14-19,22,25H,7-9,13,20-21H2,1-6H3,(H,32,36). The zero-order valence-corrected chi connectivity index (χ0v) is 23.3. The van der Waals surface area contributed by atoms with Gasteiger partial charge in [0.2, 0.25) is 11.8 Å². The van der Waals surface area contributed by atoms with Gasteiger partial charge in [-0.1, -0.05) is 88.6 Å². The van der Waals surface area contributed by atoms with Crippen molar-refractivity contribution >= 4 is 17.6 Å². The number of amides is 2. The summed E-state index contributed by atoms with van der Waals surface area (Å²) in [6, 6.07) is 18.0. The molecule has 0 bridgehead atoms. The average Bonchev–Trinajstić information content (AvgIpc) is 3.27. The molecule has 0 radical (unpaired) electrons. The van der Waals surface area contributed by atoms with Gasteiger partial charge in [-0.25, -0.2) is 4.68 Å². The summed E-state index contributed by atoms with van der Waals surface area (Å²) in [5, 5.41) is 7.92. The number of unbranched alkanes of at least 4 members (excludes halogenated alkanes) is 1. The van der Waals surface area contributed by atoms with Crippen LogP contribution in [0.2, 0.25) is 0 Å². The van der Waals surface area contributed by atoms with Crippen LogP contribution >= 0.6 is 0 Å². The minimum atomic E-state index is -0.218. The average molecular weight is 503 g/mol. The molecule has 0 aliphatic carbocycles. The van der Waals surface area contributed by atoms with Gasteiger partial charge < -0.3 is 10.2 Å². The van der Waals surface area contributed by atoms with Crippen LogP contribution in [0.4, 0.5) is 5.82 Å². The number of benzene rings is 2. The predicted octanol–water partition coefficient (Wildman–Crippen LogP) is 6.80. The number of carbonyl (C=O) groups is 2. The number of hydrogen-bond donors (Lipinski definition) is 1. The molecular formula is C31H42N4O2.